The highest BCUT2D eigenvalue weighted by atomic mass is 16.7. The van der Waals surface area contributed by atoms with E-state index in [1.807, 2.05) is 0 Å². The van der Waals surface area contributed by atoms with Gasteiger partial charge in [-0.05, 0) is 0 Å². The predicted molar refractivity (Wildman–Crippen MR) is 120 cm³/mol. The Labute approximate surface area is 206 Å². The Bertz CT molecular complexity index is 525. The molecule has 0 aromatic rings. The molecule has 0 radical (unpaired) electrons. The highest BCUT2D eigenvalue weighted by Gasteiger charge is 2.32. The van der Waals surface area contributed by atoms with Crippen molar-refractivity contribution < 1.29 is 57.4 Å². The molecule has 0 aromatic carbocycles. The minimum atomic E-state index is -1.07. The van der Waals surface area contributed by atoms with Crippen molar-refractivity contribution >= 4 is 11.9 Å². The SMILES string of the molecule is COCCOCCOCCOCCOCCOCCOCCOCCC(=O)ON1C(=O)CCC1O. The molecule has 1 unspecified atom stereocenters. The Morgan fingerprint density at radius 3 is 1.43 bits per heavy atom. The fraction of sp³-hybridized carbons (Fsp3) is 0.909. The van der Waals surface area contributed by atoms with E-state index in [1.54, 1.807) is 7.11 Å². The zero-order chi connectivity index (χ0) is 25.4. The van der Waals surface area contributed by atoms with Crippen molar-refractivity contribution in [3.63, 3.8) is 0 Å². The van der Waals surface area contributed by atoms with Crippen molar-refractivity contribution in [3.05, 3.63) is 0 Å². The molecule has 1 saturated heterocycles. The van der Waals surface area contributed by atoms with Crippen LogP contribution in [0, 0.1) is 0 Å². The molecule has 13 nitrogen and oxygen atoms in total. The number of aliphatic hydroxyl groups excluding tert-OH is 1. The number of amides is 1. The molecule has 35 heavy (non-hydrogen) atoms. The molecule has 1 amide bonds. The van der Waals surface area contributed by atoms with Gasteiger partial charge < -0.3 is 47.8 Å². The number of hydroxylamine groups is 2. The topological polar surface area (TPSA) is 141 Å². The van der Waals surface area contributed by atoms with Gasteiger partial charge in [-0.2, -0.15) is 0 Å². The minimum Gasteiger partial charge on any atom is -0.382 e. The molecule has 13 heteroatoms. The van der Waals surface area contributed by atoms with Crippen molar-refractivity contribution in [3.8, 4) is 0 Å². The first kappa shape index (κ1) is 31.6. The summed E-state index contributed by atoms with van der Waals surface area (Å²) in [5.41, 5.74) is 0. The second-order valence-electron chi connectivity index (χ2n) is 7.23. The molecule has 1 fully saturated rings. The molecule has 1 atom stereocenters. The summed E-state index contributed by atoms with van der Waals surface area (Å²) in [6, 6.07) is 0. The Kier molecular flexibility index (Phi) is 20.8. The van der Waals surface area contributed by atoms with Crippen molar-refractivity contribution in [1.82, 2.24) is 5.06 Å². The van der Waals surface area contributed by atoms with Crippen LogP contribution in [0.2, 0.25) is 0 Å². The summed E-state index contributed by atoms with van der Waals surface area (Å²) in [4.78, 5) is 27.9. The van der Waals surface area contributed by atoms with Crippen molar-refractivity contribution in [2.75, 3.05) is 106 Å². The molecule has 0 spiro atoms. The first-order valence-corrected chi connectivity index (χ1v) is 11.9. The highest BCUT2D eigenvalue weighted by molar-refractivity contribution is 5.79. The molecule has 1 aliphatic rings. The molecule has 1 aliphatic heterocycles. The number of nitrogens with zero attached hydrogens (tertiary/aromatic N) is 1. The lowest BCUT2D eigenvalue weighted by Crippen LogP contribution is -2.35. The Morgan fingerprint density at radius 1 is 0.714 bits per heavy atom. The highest BCUT2D eigenvalue weighted by Crippen LogP contribution is 2.16. The fourth-order valence-electron chi connectivity index (χ4n) is 2.63. The predicted octanol–water partition coefficient (Wildman–Crippen LogP) is -0.462. The van der Waals surface area contributed by atoms with Crippen molar-refractivity contribution in [1.29, 1.82) is 0 Å². The third-order valence-electron chi connectivity index (χ3n) is 4.45. The van der Waals surface area contributed by atoms with Gasteiger partial charge in [-0.1, -0.05) is 0 Å². The second kappa shape index (κ2) is 23.0. The smallest absolute Gasteiger partial charge is 0.334 e. The zero-order valence-electron chi connectivity index (χ0n) is 20.7. The largest absolute Gasteiger partial charge is 0.382 e. The lowest BCUT2D eigenvalue weighted by atomic mass is 10.4. The van der Waals surface area contributed by atoms with Crippen LogP contribution in [0.1, 0.15) is 19.3 Å². The number of rotatable bonds is 25. The Balaban J connectivity index is 1.70. The molecule has 206 valence electrons. The number of methoxy groups -OCH3 is 1. The van der Waals surface area contributed by atoms with E-state index >= 15 is 0 Å². The normalized spacial score (nSPS) is 15.8. The van der Waals surface area contributed by atoms with Crippen LogP contribution in [0.25, 0.3) is 0 Å². The maximum Gasteiger partial charge on any atom is 0.334 e. The summed E-state index contributed by atoms with van der Waals surface area (Å²) in [7, 11) is 1.63. The summed E-state index contributed by atoms with van der Waals surface area (Å²) < 4.78 is 42.3. The maximum absolute atomic E-state index is 11.6. The van der Waals surface area contributed by atoms with Crippen LogP contribution in [-0.4, -0.2) is 134 Å². The fourth-order valence-corrected chi connectivity index (χ4v) is 2.63. The number of aliphatic hydroxyl groups is 1. The van der Waals surface area contributed by atoms with Gasteiger partial charge in [0.1, 0.15) is 0 Å². The number of hydrogen-bond acceptors (Lipinski definition) is 12. The molecular weight excluding hydrogens is 470 g/mol. The van der Waals surface area contributed by atoms with Gasteiger partial charge in [0, 0.05) is 20.0 Å². The third-order valence-corrected chi connectivity index (χ3v) is 4.45. The van der Waals surface area contributed by atoms with E-state index in [4.69, 9.17) is 42.7 Å². The van der Waals surface area contributed by atoms with E-state index < -0.39 is 18.1 Å². The number of hydrogen-bond donors (Lipinski definition) is 1. The molecule has 0 aromatic heterocycles. The second-order valence-corrected chi connectivity index (χ2v) is 7.23. The summed E-state index contributed by atoms with van der Waals surface area (Å²) in [5.74, 6) is -1.04. The van der Waals surface area contributed by atoms with E-state index in [0.29, 0.717) is 97.6 Å². The molecule has 0 saturated carbocycles. The van der Waals surface area contributed by atoms with Gasteiger partial charge in [0.05, 0.1) is 106 Å². The number of ether oxygens (including phenoxy) is 8. The van der Waals surface area contributed by atoms with Crippen LogP contribution in [0.3, 0.4) is 0 Å². The molecule has 1 heterocycles. The van der Waals surface area contributed by atoms with Crippen LogP contribution in [0.5, 0.6) is 0 Å². The van der Waals surface area contributed by atoms with Crippen LogP contribution < -0.4 is 0 Å². The molecule has 1 N–H and O–H groups in total. The first-order valence-electron chi connectivity index (χ1n) is 11.9. The lowest BCUT2D eigenvalue weighted by Gasteiger charge is -2.18. The summed E-state index contributed by atoms with van der Waals surface area (Å²) in [6.07, 6.45) is -0.667. The van der Waals surface area contributed by atoms with E-state index in [9.17, 15) is 14.7 Å². The number of carbonyl (C=O) groups is 2. The lowest BCUT2D eigenvalue weighted by molar-refractivity contribution is -0.221. The average Bonchev–Trinajstić information content (AvgIpc) is 3.16. The molecular formula is C22H41NO12. The summed E-state index contributed by atoms with van der Waals surface area (Å²) in [6.45, 7) is 6.82. The first-order chi connectivity index (χ1) is 17.1. The molecule has 1 rings (SSSR count). The van der Waals surface area contributed by atoms with E-state index in [1.165, 1.54) is 0 Å². The summed E-state index contributed by atoms with van der Waals surface area (Å²) >= 11 is 0. The van der Waals surface area contributed by atoms with Crippen LogP contribution in [-0.2, 0) is 52.3 Å². The van der Waals surface area contributed by atoms with E-state index in [0.717, 1.165) is 0 Å². The van der Waals surface area contributed by atoms with Gasteiger partial charge in [0.15, 0.2) is 6.23 Å². The van der Waals surface area contributed by atoms with Crippen LogP contribution in [0.15, 0.2) is 0 Å². The molecule has 0 aliphatic carbocycles. The number of carbonyl (C=O) groups excluding carboxylic acids is 2. The Hall–Kier alpha value is -1.42. The van der Waals surface area contributed by atoms with E-state index in [-0.39, 0.29) is 25.9 Å². The minimum absolute atomic E-state index is 0.0243. The van der Waals surface area contributed by atoms with Crippen LogP contribution >= 0.6 is 0 Å². The molecule has 0 bridgehead atoms. The van der Waals surface area contributed by atoms with Gasteiger partial charge in [-0.3, -0.25) is 4.79 Å². The van der Waals surface area contributed by atoms with Gasteiger partial charge >= 0.3 is 5.97 Å². The van der Waals surface area contributed by atoms with E-state index in [2.05, 4.69) is 0 Å². The summed E-state index contributed by atoms with van der Waals surface area (Å²) in [5, 5.41) is 10.2. The van der Waals surface area contributed by atoms with Crippen molar-refractivity contribution in [2.24, 2.45) is 0 Å². The van der Waals surface area contributed by atoms with Crippen molar-refractivity contribution in [2.45, 2.75) is 25.5 Å². The van der Waals surface area contributed by atoms with Gasteiger partial charge in [0.25, 0.3) is 5.91 Å². The Morgan fingerprint density at radius 2 is 1.09 bits per heavy atom. The monoisotopic (exact) mass is 511 g/mol. The van der Waals surface area contributed by atoms with Gasteiger partial charge in [-0.15, -0.1) is 5.06 Å². The standard InChI is InChI=1S/C22H41NO12/c1-27-6-7-29-10-11-31-14-15-33-18-19-34-17-16-32-13-12-30-9-8-28-5-4-22(26)35-23-20(24)2-3-21(23)25/h20,24H,2-19H2,1H3. The third kappa shape index (κ3) is 18.5. The maximum atomic E-state index is 11.6. The average molecular weight is 512 g/mol. The van der Waals surface area contributed by atoms with Gasteiger partial charge in [-0.25, -0.2) is 4.79 Å². The quantitative estimate of drug-likeness (QED) is 0.159. The zero-order valence-corrected chi connectivity index (χ0v) is 20.7. The van der Waals surface area contributed by atoms with Gasteiger partial charge in [0.2, 0.25) is 0 Å². The van der Waals surface area contributed by atoms with Crippen LogP contribution in [0.4, 0.5) is 0 Å².